The topological polar surface area (TPSA) is 37.8 Å². The van der Waals surface area contributed by atoms with E-state index in [4.69, 9.17) is 11.6 Å². The highest BCUT2D eigenvalue weighted by atomic mass is 35.5. The van der Waals surface area contributed by atoms with Crippen LogP contribution in [0.3, 0.4) is 0 Å². The van der Waals surface area contributed by atoms with Gasteiger partial charge in [-0.25, -0.2) is 9.97 Å². The molecule has 0 aliphatic rings. The zero-order chi connectivity index (χ0) is 12.2. The number of nitrogens with zero attached hydrogens (tertiary/aromatic N) is 2. The van der Waals surface area contributed by atoms with Gasteiger partial charge < -0.3 is 5.32 Å². The molecule has 90 valence electrons. The summed E-state index contributed by atoms with van der Waals surface area (Å²) in [6.07, 6.45) is 4.71. The van der Waals surface area contributed by atoms with Gasteiger partial charge in [-0.3, -0.25) is 0 Å². The van der Waals surface area contributed by atoms with Crippen LogP contribution in [0.1, 0.15) is 45.6 Å². The maximum atomic E-state index is 5.98. The third kappa shape index (κ3) is 2.64. The Labute approximate surface area is 103 Å². The van der Waals surface area contributed by atoms with Crippen molar-refractivity contribution in [3.05, 3.63) is 17.0 Å². The fraction of sp³-hybridized carbons (Fsp3) is 0.667. The fourth-order valence-corrected chi connectivity index (χ4v) is 1.95. The van der Waals surface area contributed by atoms with Gasteiger partial charge in [-0.15, -0.1) is 0 Å². The first-order chi connectivity index (χ1) is 7.58. The fourth-order valence-electron chi connectivity index (χ4n) is 1.82. The largest absolute Gasteiger partial charge is 0.364 e. The van der Waals surface area contributed by atoms with Crippen LogP contribution in [0.4, 0.5) is 5.82 Å². The van der Waals surface area contributed by atoms with Crippen molar-refractivity contribution in [1.82, 2.24) is 9.97 Å². The molecular weight excluding hydrogens is 222 g/mol. The van der Waals surface area contributed by atoms with Crippen molar-refractivity contribution in [2.24, 2.45) is 0 Å². The number of rotatable bonds is 5. The van der Waals surface area contributed by atoms with Crippen LogP contribution in [0.25, 0.3) is 0 Å². The third-order valence-corrected chi connectivity index (χ3v) is 3.82. The molecule has 0 bridgehead atoms. The summed E-state index contributed by atoms with van der Waals surface area (Å²) in [5.74, 6) is 0.852. The van der Waals surface area contributed by atoms with Gasteiger partial charge in [0, 0.05) is 11.1 Å². The predicted octanol–water partition coefficient (Wildman–Crippen LogP) is 3.82. The van der Waals surface area contributed by atoms with E-state index in [9.17, 15) is 0 Å². The Kier molecular flexibility index (Phi) is 4.54. The molecule has 0 fully saturated rings. The molecule has 0 aliphatic heterocycles. The molecule has 0 saturated carbocycles. The molecule has 1 N–H and O–H groups in total. The molecule has 0 aliphatic carbocycles. The molecular formula is C12H20ClN3. The van der Waals surface area contributed by atoms with Crippen molar-refractivity contribution >= 4 is 17.4 Å². The predicted molar refractivity (Wildman–Crippen MR) is 69.0 cm³/mol. The lowest BCUT2D eigenvalue weighted by atomic mass is 9.89. The summed E-state index contributed by atoms with van der Waals surface area (Å²) < 4.78 is 0. The summed E-state index contributed by atoms with van der Waals surface area (Å²) in [5, 5.41) is 4.04. The monoisotopic (exact) mass is 241 g/mol. The van der Waals surface area contributed by atoms with E-state index in [0.29, 0.717) is 5.15 Å². The molecule has 4 heteroatoms. The quantitative estimate of drug-likeness (QED) is 0.797. The van der Waals surface area contributed by atoms with Crippen molar-refractivity contribution in [2.75, 3.05) is 5.32 Å². The molecule has 1 aromatic rings. The Morgan fingerprint density at radius 2 is 1.75 bits per heavy atom. The Balaban J connectivity index is 2.98. The molecule has 16 heavy (non-hydrogen) atoms. The highest BCUT2D eigenvalue weighted by molar-refractivity contribution is 6.30. The van der Waals surface area contributed by atoms with Gasteiger partial charge in [0.05, 0.1) is 0 Å². The maximum Gasteiger partial charge on any atom is 0.137 e. The van der Waals surface area contributed by atoms with Crippen molar-refractivity contribution in [2.45, 2.75) is 52.5 Å². The number of hydrogen-bond acceptors (Lipinski definition) is 3. The molecule has 1 rings (SSSR count). The molecule has 0 unspecified atom stereocenters. The Morgan fingerprint density at radius 1 is 1.19 bits per heavy atom. The van der Waals surface area contributed by atoms with Crippen molar-refractivity contribution < 1.29 is 0 Å². The van der Waals surface area contributed by atoms with Crippen LogP contribution >= 0.6 is 11.6 Å². The van der Waals surface area contributed by atoms with Gasteiger partial charge in [-0.2, -0.15) is 0 Å². The molecule has 3 nitrogen and oxygen atoms in total. The van der Waals surface area contributed by atoms with E-state index in [0.717, 1.165) is 30.6 Å². The lowest BCUT2D eigenvalue weighted by Crippen LogP contribution is -2.36. The van der Waals surface area contributed by atoms with Crippen LogP contribution < -0.4 is 5.32 Å². The standard InChI is InChI=1S/C12H20ClN3/c1-5-12(6-2,7-3)16-11-9(4)10(13)14-8-15-11/h8H,5-7H2,1-4H3,(H,14,15,16). The Hall–Kier alpha value is -0.830. The van der Waals surface area contributed by atoms with Crippen molar-refractivity contribution in [3.8, 4) is 0 Å². The molecule has 0 aromatic carbocycles. The van der Waals surface area contributed by atoms with E-state index in [1.54, 1.807) is 0 Å². The molecule has 0 saturated heterocycles. The molecule has 1 aromatic heterocycles. The zero-order valence-corrected chi connectivity index (χ0v) is 11.2. The lowest BCUT2D eigenvalue weighted by molar-refractivity contribution is 0.418. The second-order valence-corrected chi connectivity index (χ2v) is 4.46. The number of hydrogen-bond donors (Lipinski definition) is 1. The van der Waals surface area contributed by atoms with E-state index in [2.05, 4.69) is 36.1 Å². The molecule has 0 radical (unpaired) electrons. The average molecular weight is 242 g/mol. The Morgan fingerprint density at radius 3 is 2.25 bits per heavy atom. The zero-order valence-electron chi connectivity index (χ0n) is 10.5. The summed E-state index contributed by atoms with van der Waals surface area (Å²) in [6, 6.07) is 0. The number of nitrogens with one attached hydrogen (secondary N) is 1. The average Bonchev–Trinajstić information content (AvgIpc) is 2.32. The summed E-state index contributed by atoms with van der Waals surface area (Å²) in [5.41, 5.74) is 1.03. The van der Waals surface area contributed by atoms with Crippen LogP contribution in [-0.2, 0) is 0 Å². The lowest BCUT2D eigenvalue weighted by Gasteiger charge is -2.33. The second kappa shape index (κ2) is 5.48. The molecule has 0 atom stereocenters. The SMILES string of the molecule is CCC(CC)(CC)Nc1ncnc(Cl)c1C. The third-order valence-electron chi connectivity index (χ3n) is 3.44. The Bertz CT molecular complexity index is 340. The molecule has 1 heterocycles. The van der Waals surface area contributed by atoms with Crippen LogP contribution in [0.15, 0.2) is 6.33 Å². The number of aromatic nitrogens is 2. The number of anilines is 1. The van der Waals surface area contributed by atoms with Gasteiger partial charge >= 0.3 is 0 Å². The van der Waals surface area contributed by atoms with Crippen LogP contribution in [0.2, 0.25) is 5.15 Å². The van der Waals surface area contributed by atoms with Crippen molar-refractivity contribution in [1.29, 1.82) is 0 Å². The summed E-state index contributed by atoms with van der Waals surface area (Å²) in [4.78, 5) is 8.22. The maximum absolute atomic E-state index is 5.98. The van der Waals surface area contributed by atoms with Gasteiger partial charge in [0.1, 0.15) is 17.3 Å². The van der Waals surface area contributed by atoms with Crippen LogP contribution in [0.5, 0.6) is 0 Å². The van der Waals surface area contributed by atoms with Crippen LogP contribution in [0, 0.1) is 6.92 Å². The van der Waals surface area contributed by atoms with Crippen molar-refractivity contribution in [3.63, 3.8) is 0 Å². The van der Waals surface area contributed by atoms with E-state index in [1.807, 2.05) is 6.92 Å². The number of halogens is 1. The van der Waals surface area contributed by atoms with Gasteiger partial charge in [0.2, 0.25) is 0 Å². The smallest absolute Gasteiger partial charge is 0.137 e. The highest BCUT2D eigenvalue weighted by Gasteiger charge is 2.24. The van der Waals surface area contributed by atoms with E-state index < -0.39 is 0 Å². The molecule has 0 amide bonds. The first kappa shape index (κ1) is 13.2. The van der Waals surface area contributed by atoms with Gasteiger partial charge in [0.15, 0.2) is 0 Å². The normalized spacial score (nSPS) is 11.6. The van der Waals surface area contributed by atoms with Gasteiger partial charge in [0.25, 0.3) is 0 Å². The minimum absolute atomic E-state index is 0.114. The second-order valence-electron chi connectivity index (χ2n) is 4.10. The minimum atomic E-state index is 0.114. The first-order valence-electron chi connectivity index (χ1n) is 5.83. The summed E-state index contributed by atoms with van der Waals surface area (Å²) in [7, 11) is 0. The minimum Gasteiger partial charge on any atom is -0.364 e. The van der Waals surface area contributed by atoms with E-state index in [-0.39, 0.29) is 5.54 Å². The summed E-state index contributed by atoms with van der Waals surface area (Å²) in [6.45, 7) is 8.52. The van der Waals surface area contributed by atoms with E-state index >= 15 is 0 Å². The van der Waals surface area contributed by atoms with Crippen LogP contribution in [-0.4, -0.2) is 15.5 Å². The first-order valence-corrected chi connectivity index (χ1v) is 6.21. The highest BCUT2D eigenvalue weighted by Crippen LogP contribution is 2.27. The molecule has 0 spiro atoms. The van der Waals surface area contributed by atoms with Gasteiger partial charge in [-0.1, -0.05) is 32.4 Å². The van der Waals surface area contributed by atoms with E-state index in [1.165, 1.54) is 6.33 Å². The summed E-state index contributed by atoms with van der Waals surface area (Å²) >= 11 is 5.98. The van der Waals surface area contributed by atoms with Gasteiger partial charge in [-0.05, 0) is 26.2 Å².